The first-order valence-corrected chi connectivity index (χ1v) is 7.26. The molecule has 1 aliphatic rings. The van der Waals surface area contributed by atoms with E-state index in [0.29, 0.717) is 0 Å². The van der Waals surface area contributed by atoms with Gasteiger partial charge in [-0.25, -0.2) is 4.39 Å². The lowest BCUT2D eigenvalue weighted by Crippen LogP contribution is -2.40. The van der Waals surface area contributed by atoms with Gasteiger partial charge < -0.3 is 5.11 Å². The summed E-state index contributed by atoms with van der Waals surface area (Å²) in [7, 11) is 0. The molecule has 0 amide bonds. The highest BCUT2D eigenvalue weighted by atomic mass is 19.4. The molecule has 1 fully saturated rings. The van der Waals surface area contributed by atoms with Gasteiger partial charge in [0.05, 0.1) is 11.5 Å². The highest BCUT2D eigenvalue weighted by Gasteiger charge is 2.46. The summed E-state index contributed by atoms with van der Waals surface area (Å²) in [5, 5.41) is 9.38. The van der Waals surface area contributed by atoms with Gasteiger partial charge in [0.15, 0.2) is 0 Å². The lowest BCUT2D eigenvalue weighted by Gasteiger charge is -2.31. The summed E-state index contributed by atoms with van der Waals surface area (Å²) in [4.78, 5) is 13.3. The molecule has 1 heterocycles. The van der Waals surface area contributed by atoms with E-state index in [9.17, 15) is 27.5 Å². The highest BCUT2D eigenvalue weighted by Crippen LogP contribution is 2.43. The third-order valence-electron chi connectivity index (χ3n) is 4.31. The van der Waals surface area contributed by atoms with Crippen molar-refractivity contribution in [2.24, 2.45) is 5.92 Å². The SMILES string of the molecule is CC(C)(C)N1C[C@@H](C(=O)O)[C@H](c2c(F)cccc2C(F)(F)F)C1. The van der Waals surface area contributed by atoms with Gasteiger partial charge in [-0.2, -0.15) is 13.2 Å². The minimum absolute atomic E-state index is 0.0739. The van der Waals surface area contributed by atoms with E-state index in [2.05, 4.69) is 0 Å². The second kappa shape index (κ2) is 5.78. The molecular formula is C16H19F4NO2. The van der Waals surface area contributed by atoms with E-state index in [1.165, 1.54) is 0 Å². The van der Waals surface area contributed by atoms with Gasteiger partial charge >= 0.3 is 12.1 Å². The third-order valence-corrected chi connectivity index (χ3v) is 4.31. The van der Waals surface area contributed by atoms with E-state index in [-0.39, 0.29) is 13.1 Å². The van der Waals surface area contributed by atoms with Crippen molar-refractivity contribution in [1.29, 1.82) is 0 Å². The van der Waals surface area contributed by atoms with Crippen molar-refractivity contribution < 1.29 is 27.5 Å². The fourth-order valence-electron chi connectivity index (χ4n) is 3.06. The molecule has 0 spiro atoms. The highest BCUT2D eigenvalue weighted by molar-refractivity contribution is 5.72. The van der Waals surface area contributed by atoms with Gasteiger partial charge in [0.1, 0.15) is 5.82 Å². The van der Waals surface area contributed by atoms with Crippen molar-refractivity contribution in [2.75, 3.05) is 13.1 Å². The molecule has 128 valence electrons. The van der Waals surface area contributed by atoms with Crippen LogP contribution in [-0.4, -0.2) is 34.6 Å². The van der Waals surface area contributed by atoms with E-state index in [1.54, 1.807) is 4.90 Å². The Morgan fingerprint density at radius 2 is 1.83 bits per heavy atom. The second-order valence-corrected chi connectivity index (χ2v) is 6.83. The molecule has 0 aliphatic carbocycles. The zero-order valence-electron chi connectivity index (χ0n) is 13.1. The normalized spacial score (nSPS) is 23.3. The summed E-state index contributed by atoms with van der Waals surface area (Å²) in [6.45, 7) is 5.71. The second-order valence-electron chi connectivity index (χ2n) is 6.83. The summed E-state index contributed by atoms with van der Waals surface area (Å²) in [6.07, 6.45) is -4.73. The third kappa shape index (κ3) is 3.49. The number of benzene rings is 1. The van der Waals surface area contributed by atoms with Crippen molar-refractivity contribution >= 4 is 5.97 Å². The average molecular weight is 333 g/mol. The number of rotatable bonds is 2. The predicted octanol–water partition coefficient (Wildman–Crippen LogP) is 3.74. The monoisotopic (exact) mass is 333 g/mol. The number of likely N-dealkylation sites (tertiary alicyclic amines) is 1. The molecule has 1 N–H and O–H groups in total. The predicted molar refractivity (Wildman–Crippen MR) is 76.6 cm³/mol. The first-order chi connectivity index (χ1) is 10.4. The number of hydrogen-bond acceptors (Lipinski definition) is 2. The van der Waals surface area contributed by atoms with E-state index < -0.39 is 46.5 Å². The fraction of sp³-hybridized carbons (Fsp3) is 0.562. The van der Waals surface area contributed by atoms with E-state index in [0.717, 1.165) is 18.2 Å². The van der Waals surface area contributed by atoms with Crippen LogP contribution in [0.2, 0.25) is 0 Å². The maximum Gasteiger partial charge on any atom is 0.416 e. The molecule has 0 unspecified atom stereocenters. The lowest BCUT2D eigenvalue weighted by molar-refractivity contribution is -0.143. The van der Waals surface area contributed by atoms with Crippen molar-refractivity contribution in [3.8, 4) is 0 Å². The van der Waals surface area contributed by atoms with Crippen LogP contribution in [0.4, 0.5) is 17.6 Å². The molecular weight excluding hydrogens is 314 g/mol. The number of nitrogens with zero attached hydrogens (tertiary/aromatic N) is 1. The molecule has 23 heavy (non-hydrogen) atoms. The maximum absolute atomic E-state index is 14.2. The molecule has 0 saturated carbocycles. The molecule has 1 saturated heterocycles. The van der Waals surface area contributed by atoms with Gasteiger partial charge in [0.25, 0.3) is 0 Å². The van der Waals surface area contributed by atoms with Gasteiger partial charge in [0.2, 0.25) is 0 Å². The Kier molecular flexibility index (Phi) is 4.45. The molecule has 2 atom stereocenters. The molecule has 3 nitrogen and oxygen atoms in total. The number of carbonyl (C=O) groups is 1. The number of carboxylic acid groups (broad SMARTS) is 1. The van der Waals surface area contributed by atoms with Crippen molar-refractivity contribution in [2.45, 2.75) is 38.4 Å². The minimum atomic E-state index is -4.73. The van der Waals surface area contributed by atoms with Gasteiger partial charge in [-0.05, 0) is 32.9 Å². The van der Waals surface area contributed by atoms with Crippen LogP contribution in [0.15, 0.2) is 18.2 Å². The zero-order chi connectivity index (χ0) is 17.6. The Balaban J connectivity index is 2.54. The Hall–Kier alpha value is -1.63. The summed E-state index contributed by atoms with van der Waals surface area (Å²) >= 11 is 0. The van der Waals surface area contributed by atoms with Crippen molar-refractivity contribution in [1.82, 2.24) is 4.90 Å². The number of aliphatic carboxylic acids is 1. The summed E-state index contributed by atoms with van der Waals surface area (Å²) < 4.78 is 53.8. The largest absolute Gasteiger partial charge is 0.481 e. The number of halogens is 4. The lowest BCUT2D eigenvalue weighted by atomic mass is 9.85. The van der Waals surface area contributed by atoms with Crippen LogP contribution in [-0.2, 0) is 11.0 Å². The number of hydrogen-bond donors (Lipinski definition) is 1. The minimum Gasteiger partial charge on any atom is -0.481 e. The molecule has 7 heteroatoms. The fourth-order valence-corrected chi connectivity index (χ4v) is 3.06. The summed E-state index contributed by atoms with van der Waals surface area (Å²) in [5.41, 5.74) is -2.05. The van der Waals surface area contributed by atoms with Crippen LogP contribution >= 0.6 is 0 Å². The van der Waals surface area contributed by atoms with Crippen LogP contribution in [0.3, 0.4) is 0 Å². The van der Waals surface area contributed by atoms with Crippen LogP contribution < -0.4 is 0 Å². The molecule has 2 rings (SSSR count). The Bertz CT molecular complexity index is 607. The van der Waals surface area contributed by atoms with Gasteiger partial charge in [-0.3, -0.25) is 9.69 Å². The first kappa shape index (κ1) is 17.7. The van der Waals surface area contributed by atoms with Gasteiger partial charge in [-0.15, -0.1) is 0 Å². The van der Waals surface area contributed by atoms with Gasteiger partial charge in [-0.1, -0.05) is 6.07 Å². The number of alkyl halides is 3. The summed E-state index contributed by atoms with van der Waals surface area (Å²) in [6, 6.07) is 2.74. The first-order valence-electron chi connectivity index (χ1n) is 7.26. The molecule has 0 bridgehead atoms. The van der Waals surface area contributed by atoms with Gasteiger partial charge in [0, 0.05) is 30.1 Å². The average Bonchev–Trinajstić information content (AvgIpc) is 2.82. The smallest absolute Gasteiger partial charge is 0.416 e. The molecule has 1 aliphatic heterocycles. The van der Waals surface area contributed by atoms with Crippen LogP contribution in [0.5, 0.6) is 0 Å². The Morgan fingerprint density at radius 3 is 2.30 bits per heavy atom. The standard InChI is InChI=1S/C16H19F4NO2/c1-15(2,3)21-7-9(10(8-21)14(22)23)13-11(16(18,19)20)5-4-6-12(13)17/h4-6,9-10H,7-8H2,1-3H3,(H,22,23)/t9-,10-/m1/s1. The van der Waals surface area contributed by atoms with Crippen LogP contribution in [0.25, 0.3) is 0 Å². The number of carboxylic acids is 1. The molecule has 1 aromatic rings. The topological polar surface area (TPSA) is 40.5 Å². The molecule has 1 aromatic carbocycles. The van der Waals surface area contributed by atoms with E-state index in [1.807, 2.05) is 20.8 Å². The zero-order valence-corrected chi connectivity index (χ0v) is 13.1. The summed E-state index contributed by atoms with van der Waals surface area (Å²) in [5.74, 6) is -4.33. The van der Waals surface area contributed by atoms with Crippen LogP contribution in [0, 0.1) is 11.7 Å². The van der Waals surface area contributed by atoms with E-state index >= 15 is 0 Å². The van der Waals surface area contributed by atoms with Crippen molar-refractivity contribution in [3.63, 3.8) is 0 Å². The van der Waals surface area contributed by atoms with Crippen molar-refractivity contribution in [3.05, 3.63) is 35.1 Å². The van der Waals surface area contributed by atoms with Crippen LogP contribution in [0.1, 0.15) is 37.8 Å². The van der Waals surface area contributed by atoms with E-state index in [4.69, 9.17) is 0 Å². The Morgan fingerprint density at radius 1 is 1.22 bits per heavy atom. The molecule has 0 radical (unpaired) electrons. The maximum atomic E-state index is 14.2. The molecule has 0 aromatic heterocycles. The quantitative estimate of drug-likeness (QED) is 0.838. The Labute approximate surface area is 131 Å².